The van der Waals surface area contributed by atoms with E-state index in [-0.39, 0.29) is 19.0 Å². The zero-order chi connectivity index (χ0) is 20.5. The monoisotopic (exact) mass is 398 g/mol. The van der Waals surface area contributed by atoms with Gasteiger partial charge in [0.2, 0.25) is 0 Å². The highest BCUT2D eigenvalue weighted by Crippen LogP contribution is 2.25. The van der Waals surface area contributed by atoms with E-state index in [1.807, 2.05) is 18.3 Å². The van der Waals surface area contributed by atoms with Crippen molar-refractivity contribution in [3.8, 4) is 12.3 Å². The molecule has 1 aromatic carbocycles. The third-order valence-electron chi connectivity index (χ3n) is 5.56. The molecular formula is C24H31FN2O2. The van der Waals surface area contributed by atoms with Crippen molar-refractivity contribution in [3.05, 3.63) is 59.7 Å². The second kappa shape index (κ2) is 11.2. The fraction of sp³-hybridized carbons (Fsp3) is 0.500. The largest absolute Gasteiger partial charge is 0.389 e. The van der Waals surface area contributed by atoms with Crippen LogP contribution < -0.4 is 0 Å². The predicted octanol–water partition coefficient (Wildman–Crippen LogP) is 3.82. The summed E-state index contributed by atoms with van der Waals surface area (Å²) in [7, 11) is 0. The van der Waals surface area contributed by atoms with E-state index in [0.29, 0.717) is 19.1 Å². The molecule has 0 amide bonds. The van der Waals surface area contributed by atoms with E-state index >= 15 is 0 Å². The number of rotatable bonds is 10. The molecule has 3 rings (SSSR count). The molecule has 2 aromatic rings. The molecular weight excluding hydrogens is 367 g/mol. The van der Waals surface area contributed by atoms with E-state index in [4.69, 9.17) is 11.2 Å². The van der Waals surface area contributed by atoms with Crippen molar-refractivity contribution in [1.29, 1.82) is 0 Å². The minimum Gasteiger partial charge on any atom is -0.389 e. The van der Waals surface area contributed by atoms with Crippen molar-refractivity contribution >= 4 is 0 Å². The normalized spacial score (nSPS) is 16.1. The smallest absolute Gasteiger partial charge is 0.123 e. The van der Waals surface area contributed by atoms with E-state index in [0.717, 1.165) is 30.6 Å². The first kappa shape index (κ1) is 21.6. The first-order valence-corrected chi connectivity index (χ1v) is 10.5. The molecule has 1 unspecified atom stereocenters. The Labute approximate surface area is 173 Å². The first-order chi connectivity index (χ1) is 14.2. The summed E-state index contributed by atoms with van der Waals surface area (Å²) in [4.78, 5) is 2.38. The molecule has 0 aliphatic heterocycles. The zero-order valence-corrected chi connectivity index (χ0v) is 17.0. The molecule has 0 bridgehead atoms. The Kier molecular flexibility index (Phi) is 8.30. The molecule has 1 aliphatic rings. The maximum atomic E-state index is 13.6. The molecule has 1 atom stereocenters. The second-order valence-electron chi connectivity index (χ2n) is 7.85. The van der Waals surface area contributed by atoms with Crippen LogP contribution in [0.4, 0.5) is 4.39 Å². The standard InChI is InChI=1S/C24H31FN2O2/c1-2-14-29-19-24(28)18-27(22-10-4-3-5-11-22)17-23-12-7-13-26(23)16-20-8-6-9-21(25)15-20/h1,6-9,12-13,15,22,24,28H,3-5,10-11,14,16-19H2. The fourth-order valence-electron chi connectivity index (χ4n) is 4.15. The molecule has 0 radical (unpaired) electrons. The molecule has 1 heterocycles. The van der Waals surface area contributed by atoms with E-state index in [1.54, 1.807) is 12.1 Å². The summed E-state index contributed by atoms with van der Waals surface area (Å²) in [6.07, 6.45) is 12.7. The Hall–Kier alpha value is -2.13. The maximum Gasteiger partial charge on any atom is 0.123 e. The summed E-state index contributed by atoms with van der Waals surface area (Å²) in [5.41, 5.74) is 2.10. The van der Waals surface area contributed by atoms with Crippen molar-refractivity contribution in [1.82, 2.24) is 9.47 Å². The Morgan fingerprint density at radius 2 is 2.07 bits per heavy atom. The van der Waals surface area contributed by atoms with Crippen LogP contribution in [0.15, 0.2) is 42.6 Å². The van der Waals surface area contributed by atoms with Crippen molar-refractivity contribution < 1.29 is 14.2 Å². The van der Waals surface area contributed by atoms with E-state index in [9.17, 15) is 9.50 Å². The molecule has 1 aromatic heterocycles. The minimum absolute atomic E-state index is 0.213. The second-order valence-corrected chi connectivity index (χ2v) is 7.85. The molecule has 4 nitrogen and oxygen atoms in total. The average molecular weight is 399 g/mol. The molecule has 156 valence electrons. The van der Waals surface area contributed by atoms with Gasteiger partial charge in [-0.1, -0.05) is 37.3 Å². The number of terminal acetylenes is 1. The van der Waals surface area contributed by atoms with Gasteiger partial charge < -0.3 is 14.4 Å². The van der Waals surface area contributed by atoms with Gasteiger partial charge in [0.15, 0.2) is 0 Å². The van der Waals surface area contributed by atoms with Crippen molar-refractivity contribution in [3.63, 3.8) is 0 Å². The lowest BCUT2D eigenvalue weighted by molar-refractivity contribution is 0.0101. The zero-order valence-electron chi connectivity index (χ0n) is 17.0. The Bertz CT molecular complexity index is 792. The number of aromatic nitrogens is 1. The van der Waals surface area contributed by atoms with Crippen LogP contribution in [0.1, 0.15) is 43.4 Å². The maximum absolute atomic E-state index is 13.6. The lowest BCUT2D eigenvalue weighted by Gasteiger charge is -2.35. The van der Waals surface area contributed by atoms with Crippen LogP contribution in [0.2, 0.25) is 0 Å². The van der Waals surface area contributed by atoms with Crippen LogP contribution in [0.3, 0.4) is 0 Å². The van der Waals surface area contributed by atoms with Crippen LogP contribution in [0.5, 0.6) is 0 Å². The van der Waals surface area contributed by atoms with Crippen LogP contribution in [0.25, 0.3) is 0 Å². The van der Waals surface area contributed by atoms with Gasteiger partial charge in [-0.2, -0.15) is 0 Å². The van der Waals surface area contributed by atoms with Gasteiger partial charge in [0, 0.05) is 37.6 Å². The molecule has 1 saturated carbocycles. The summed E-state index contributed by atoms with van der Waals surface area (Å²) < 4.78 is 21.0. The summed E-state index contributed by atoms with van der Waals surface area (Å²) in [5.74, 6) is 2.22. The van der Waals surface area contributed by atoms with Crippen molar-refractivity contribution in [2.75, 3.05) is 19.8 Å². The first-order valence-electron chi connectivity index (χ1n) is 10.5. The summed E-state index contributed by atoms with van der Waals surface area (Å²) in [5, 5.41) is 10.5. The Morgan fingerprint density at radius 1 is 1.24 bits per heavy atom. The molecule has 0 saturated heterocycles. The average Bonchev–Trinajstić information content (AvgIpc) is 3.15. The van der Waals surface area contributed by atoms with Gasteiger partial charge in [0.25, 0.3) is 0 Å². The number of hydrogen-bond acceptors (Lipinski definition) is 3. The Morgan fingerprint density at radius 3 is 2.83 bits per heavy atom. The molecule has 1 aliphatic carbocycles. The number of ether oxygens (including phenoxy) is 1. The highest BCUT2D eigenvalue weighted by atomic mass is 19.1. The third-order valence-corrected chi connectivity index (χ3v) is 5.56. The fourth-order valence-corrected chi connectivity index (χ4v) is 4.15. The Balaban J connectivity index is 1.68. The van der Waals surface area contributed by atoms with E-state index in [2.05, 4.69) is 21.5 Å². The lowest BCUT2D eigenvalue weighted by atomic mass is 9.94. The number of hydrogen-bond donors (Lipinski definition) is 1. The van der Waals surface area contributed by atoms with Gasteiger partial charge in [-0.05, 0) is 42.7 Å². The van der Waals surface area contributed by atoms with Gasteiger partial charge in [0.05, 0.1) is 12.7 Å². The summed E-state index contributed by atoms with van der Waals surface area (Å²) in [6.45, 7) is 2.40. The van der Waals surface area contributed by atoms with Crippen LogP contribution in [-0.4, -0.2) is 46.5 Å². The van der Waals surface area contributed by atoms with Crippen molar-refractivity contribution in [2.45, 2.75) is 57.3 Å². The number of benzene rings is 1. The van der Waals surface area contributed by atoms with Gasteiger partial charge in [0.1, 0.15) is 12.4 Å². The third kappa shape index (κ3) is 6.71. The van der Waals surface area contributed by atoms with E-state index < -0.39 is 6.10 Å². The highest BCUT2D eigenvalue weighted by molar-refractivity contribution is 5.19. The number of aliphatic hydroxyl groups is 1. The summed E-state index contributed by atoms with van der Waals surface area (Å²) >= 11 is 0. The predicted molar refractivity (Wildman–Crippen MR) is 113 cm³/mol. The number of nitrogens with zero attached hydrogens (tertiary/aromatic N) is 2. The molecule has 1 fully saturated rings. The van der Waals surface area contributed by atoms with Crippen LogP contribution >= 0.6 is 0 Å². The van der Waals surface area contributed by atoms with Gasteiger partial charge in [-0.3, -0.25) is 4.90 Å². The topological polar surface area (TPSA) is 37.6 Å². The van der Waals surface area contributed by atoms with Crippen molar-refractivity contribution in [2.24, 2.45) is 0 Å². The minimum atomic E-state index is -0.572. The quantitative estimate of drug-likeness (QED) is 0.488. The van der Waals surface area contributed by atoms with Gasteiger partial charge in [-0.25, -0.2) is 4.39 Å². The molecule has 29 heavy (non-hydrogen) atoms. The lowest BCUT2D eigenvalue weighted by Crippen LogP contribution is -2.42. The van der Waals surface area contributed by atoms with Gasteiger partial charge in [-0.15, -0.1) is 6.42 Å². The number of aliphatic hydroxyl groups excluding tert-OH is 1. The molecule has 5 heteroatoms. The summed E-state index contributed by atoms with van der Waals surface area (Å²) in [6, 6.07) is 11.3. The van der Waals surface area contributed by atoms with Crippen LogP contribution in [0, 0.1) is 18.2 Å². The molecule has 0 spiro atoms. The van der Waals surface area contributed by atoms with Gasteiger partial charge >= 0.3 is 0 Å². The highest BCUT2D eigenvalue weighted by Gasteiger charge is 2.24. The van der Waals surface area contributed by atoms with E-state index in [1.165, 1.54) is 25.3 Å². The number of halogens is 1. The molecule has 1 N–H and O–H groups in total. The van der Waals surface area contributed by atoms with Crippen LogP contribution in [-0.2, 0) is 17.8 Å². The SMILES string of the molecule is C#CCOCC(O)CN(Cc1cccn1Cc1cccc(F)c1)C1CCCCC1.